The average molecular weight is 371 g/mol. The third kappa shape index (κ3) is 4.91. The second-order valence-corrected chi connectivity index (χ2v) is 8.02. The van der Waals surface area contributed by atoms with Gasteiger partial charge in [-0.2, -0.15) is 0 Å². The molecule has 1 aliphatic heterocycles. The van der Waals surface area contributed by atoms with Crippen LogP contribution in [0.15, 0.2) is 10.1 Å². The number of hydrogen-bond donors (Lipinski definition) is 2. The molecule has 1 unspecified atom stereocenters. The molecular weight excluding hydrogens is 340 g/mol. The van der Waals surface area contributed by atoms with Crippen LogP contribution in [-0.4, -0.2) is 52.3 Å². The van der Waals surface area contributed by atoms with Crippen molar-refractivity contribution in [3.05, 3.63) is 0 Å². The molecule has 0 aliphatic carbocycles. The molecule has 24 heavy (non-hydrogen) atoms. The van der Waals surface area contributed by atoms with Crippen molar-refractivity contribution in [1.82, 2.24) is 14.9 Å². The van der Waals surface area contributed by atoms with Crippen LogP contribution in [0.5, 0.6) is 0 Å². The van der Waals surface area contributed by atoms with E-state index in [4.69, 9.17) is 16.5 Å². The molecule has 0 saturated heterocycles. The first kappa shape index (κ1) is 19.6. The van der Waals surface area contributed by atoms with E-state index in [1.54, 1.807) is 23.5 Å². The first-order valence-corrected chi connectivity index (χ1v) is 10.7. The minimum Gasteiger partial charge on any atom is -0.383 e. The maximum atomic E-state index is 6.30. The number of nitrogens with zero attached hydrogens (tertiary/aromatic N) is 4. The van der Waals surface area contributed by atoms with Crippen molar-refractivity contribution < 1.29 is 0 Å². The highest BCUT2D eigenvalue weighted by molar-refractivity contribution is 8.00. The van der Waals surface area contributed by atoms with E-state index < -0.39 is 0 Å². The fraction of sp³-hybridized carbons (Fsp3) is 0.750. The summed E-state index contributed by atoms with van der Waals surface area (Å²) in [6.45, 7) is 10.5. The third-order valence-corrected chi connectivity index (χ3v) is 6.26. The van der Waals surface area contributed by atoms with Crippen molar-refractivity contribution >= 4 is 35.2 Å². The standard InChI is InChI=1S/C16H30N6S2/c1-4-7-8-11-23-16-19-13(17)12-14(20-16)22(15(18)24-12)10-9-21(5-2)6-3/h15H,4-11,18H2,1-3H3,(H2,17,19,20). The van der Waals surface area contributed by atoms with Gasteiger partial charge in [-0.3, -0.25) is 0 Å². The van der Waals surface area contributed by atoms with Gasteiger partial charge in [-0.1, -0.05) is 57.1 Å². The van der Waals surface area contributed by atoms with Gasteiger partial charge in [-0.25, -0.2) is 9.97 Å². The molecule has 0 amide bonds. The Morgan fingerprint density at radius 2 is 1.96 bits per heavy atom. The smallest absolute Gasteiger partial charge is 0.191 e. The van der Waals surface area contributed by atoms with Gasteiger partial charge >= 0.3 is 0 Å². The highest BCUT2D eigenvalue weighted by atomic mass is 32.2. The Balaban J connectivity index is 2.07. The topological polar surface area (TPSA) is 84.3 Å². The molecule has 6 nitrogen and oxygen atoms in total. The van der Waals surface area contributed by atoms with Crippen LogP contribution >= 0.6 is 23.5 Å². The van der Waals surface area contributed by atoms with Crippen molar-refractivity contribution in [2.75, 3.05) is 42.6 Å². The van der Waals surface area contributed by atoms with Gasteiger partial charge in [-0.05, 0) is 19.5 Å². The minimum absolute atomic E-state index is 0.132. The third-order valence-electron chi connectivity index (χ3n) is 4.20. The van der Waals surface area contributed by atoms with E-state index in [0.717, 1.165) is 47.8 Å². The summed E-state index contributed by atoms with van der Waals surface area (Å²) in [4.78, 5) is 14.7. The molecule has 1 aromatic heterocycles. The molecule has 136 valence electrons. The predicted molar refractivity (Wildman–Crippen MR) is 106 cm³/mol. The predicted octanol–water partition coefficient (Wildman–Crippen LogP) is 2.84. The lowest BCUT2D eigenvalue weighted by molar-refractivity contribution is 0.309. The van der Waals surface area contributed by atoms with Gasteiger partial charge in [-0.15, -0.1) is 0 Å². The lowest BCUT2D eigenvalue weighted by Crippen LogP contribution is -2.42. The Morgan fingerprint density at radius 3 is 2.62 bits per heavy atom. The van der Waals surface area contributed by atoms with Gasteiger partial charge in [0.15, 0.2) is 11.0 Å². The molecule has 1 aliphatic rings. The molecule has 0 spiro atoms. The van der Waals surface area contributed by atoms with Crippen LogP contribution in [0.1, 0.15) is 40.0 Å². The van der Waals surface area contributed by atoms with Crippen LogP contribution < -0.4 is 16.4 Å². The molecule has 0 aromatic carbocycles. The number of thioether (sulfide) groups is 2. The zero-order valence-corrected chi connectivity index (χ0v) is 16.6. The van der Waals surface area contributed by atoms with Crippen molar-refractivity contribution in [2.24, 2.45) is 5.73 Å². The lowest BCUT2D eigenvalue weighted by atomic mass is 10.3. The molecule has 4 N–H and O–H groups in total. The maximum absolute atomic E-state index is 6.30. The number of anilines is 2. The van der Waals surface area contributed by atoms with Gasteiger partial charge in [0, 0.05) is 18.8 Å². The van der Waals surface area contributed by atoms with E-state index in [9.17, 15) is 0 Å². The highest BCUT2D eigenvalue weighted by Crippen LogP contribution is 2.43. The number of unbranched alkanes of at least 4 members (excludes halogenated alkanes) is 2. The fourth-order valence-corrected chi connectivity index (χ4v) is 4.50. The summed E-state index contributed by atoms with van der Waals surface area (Å²) in [6.07, 6.45) is 3.64. The quantitative estimate of drug-likeness (QED) is 0.369. The van der Waals surface area contributed by atoms with Gasteiger partial charge in [0.05, 0.1) is 4.90 Å². The van der Waals surface area contributed by atoms with Gasteiger partial charge in [0.2, 0.25) is 0 Å². The minimum atomic E-state index is -0.132. The van der Waals surface area contributed by atoms with Crippen LogP contribution in [0.4, 0.5) is 11.6 Å². The average Bonchev–Trinajstić information content (AvgIpc) is 2.89. The number of aromatic nitrogens is 2. The summed E-state index contributed by atoms with van der Waals surface area (Å²) in [5, 5.41) is 0.768. The molecule has 1 atom stereocenters. The summed E-state index contributed by atoms with van der Waals surface area (Å²) in [7, 11) is 0. The molecule has 0 bridgehead atoms. The summed E-state index contributed by atoms with van der Waals surface area (Å²) in [5.41, 5.74) is 12.3. The molecular formula is C16H30N6S2. The number of likely N-dealkylation sites (N-methyl/N-ethyl adjacent to an activating group) is 1. The zero-order valence-electron chi connectivity index (χ0n) is 15.0. The van der Waals surface area contributed by atoms with Crippen LogP contribution in [0, 0.1) is 0 Å². The second kappa shape index (κ2) is 9.70. The van der Waals surface area contributed by atoms with Crippen LogP contribution in [-0.2, 0) is 0 Å². The molecule has 0 radical (unpaired) electrons. The number of fused-ring (bicyclic) bond motifs is 1. The highest BCUT2D eigenvalue weighted by Gasteiger charge is 2.32. The molecule has 2 heterocycles. The molecule has 0 fully saturated rings. The van der Waals surface area contributed by atoms with Crippen molar-refractivity contribution in [1.29, 1.82) is 0 Å². The summed E-state index contributed by atoms with van der Waals surface area (Å²) < 4.78 is 0. The molecule has 2 rings (SSSR count). The summed E-state index contributed by atoms with van der Waals surface area (Å²) >= 11 is 3.25. The largest absolute Gasteiger partial charge is 0.383 e. The number of hydrogen-bond acceptors (Lipinski definition) is 8. The Labute approximate surface area is 154 Å². The van der Waals surface area contributed by atoms with Crippen molar-refractivity contribution in [2.45, 2.75) is 55.6 Å². The van der Waals surface area contributed by atoms with E-state index in [0.29, 0.717) is 5.82 Å². The lowest BCUT2D eigenvalue weighted by Gasteiger charge is -2.26. The van der Waals surface area contributed by atoms with Crippen LogP contribution in [0.3, 0.4) is 0 Å². The Morgan fingerprint density at radius 1 is 1.21 bits per heavy atom. The van der Waals surface area contributed by atoms with E-state index in [2.05, 4.69) is 35.6 Å². The van der Waals surface area contributed by atoms with Gasteiger partial charge < -0.3 is 21.3 Å². The van der Waals surface area contributed by atoms with Crippen LogP contribution in [0.25, 0.3) is 0 Å². The Bertz CT molecular complexity index is 524. The van der Waals surface area contributed by atoms with E-state index >= 15 is 0 Å². The number of rotatable bonds is 10. The normalized spacial score (nSPS) is 16.9. The van der Waals surface area contributed by atoms with Gasteiger partial charge in [0.1, 0.15) is 11.3 Å². The summed E-state index contributed by atoms with van der Waals surface area (Å²) in [6, 6.07) is 0. The van der Waals surface area contributed by atoms with Crippen LogP contribution in [0.2, 0.25) is 0 Å². The van der Waals surface area contributed by atoms with E-state index in [-0.39, 0.29) is 5.50 Å². The Kier molecular flexibility index (Phi) is 7.93. The van der Waals surface area contributed by atoms with E-state index in [1.807, 2.05) is 0 Å². The van der Waals surface area contributed by atoms with Crippen molar-refractivity contribution in [3.8, 4) is 0 Å². The fourth-order valence-electron chi connectivity index (χ4n) is 2.65. The monoisotopic (exact) mass is 370 g/mol. The van der Waals surface area contributed by atoms with E-state index in [1.165, 1.54) is 19.3 Å². The molecule has 1 aromatic rings. The molecule has 0 saturated carbocycles. The second-order valence-electron chi connectivity index (χ2n) is 5.83. The zero-order chi connectivity index (χ0) is 17.5. The SMILES string of the molecule is CCCCCSc1nc(N)c2c(n1)N(CCN(CC)CC)C(N)S2. The first-order valence-electron chi connectivity index (χ1n) is 8.82. The van der Waals surface area contributed by atoms with Crippen molar-refractivity contribution in [3.63, 3.8) is 0 Å². The van der Waals surface area contributed by atoms with Gasteiger partial charge in [0.25, 0.3) is 0 Å². The number of nitrogen functional groups attached to an aromatic ring is 1. The maximum Gasteiger partial charge on any atom is 0.191 e. The molecule has 8 heteroatoms. The number of nitrogens with two attached hydrogens (primary N) is 2. The first-order chi connectivity index (χ1) is 11.6. The summed E-state index contributed by atoms with van der Waals surface area (Å²) in [5.74, 6) is 2.50. The Hall–Kier alpha value is -0.700.